The first-order valence-corrected chi connectivity index (χ1v) is 3.26. The third-order valence-electron chi connectivity index (χ3n) is 1.14. The van der Waals surface area contributed by atoms with Crippen molar-refractivity contribution < 1.29 is 4.74 Å². The van der Waals surface area contributed by atoms with E-state index < -0.39 is 0 Å². The van der Waals surface area contributed by atoms with Crippen LogP contribution in [0.15, 0.2) is 12.1 Å². The third-order valence-corrected chi connectivity index (χ3v) is 1.44. The fraction of sp³-hybridized carbons (Fsp3) is 0.143. The van der Waals surface area contributed by atoms with Crippen LogP contribution in [-0.4, -0.2) is 12.1 Å². The smallest absolute Gasteiger partial charge is 0.214 e. The van der Waals surface area contributed by atoms with Crippen LogP contribution in [0.4, 0.5) is 0 Å². The molecule has 3 nitrogen and oxygen atoms in total. The number of rotatable bonds is 1. The molecule has 1 aromatic heterocycles. The lowest BCUT2D eigenvalue weighted by Gasteiger charge is -1.98. The molecule has 0 aliphatic heterocycles. The quantitative estimate of drug-likeness (QED) is 0.640. The van der Waals surface area contributed by atoms with Crippen molar-refractivity contribution in [3.63, 3.8) is 0 Å². The van der Waals surface area contributed by atoms with Gasteiger partial charge in [0.25, 0.3) is 0 Å². The van der Waals surface area contributed by atoms with Crippen LogP contribution in [0.1, 0.15) is 5.69 Å². The van der Waals surface area contributed by atoms with Crippen molar-refractivity contribution in [3.05, 3.63) is 22.8 Å². The first-order chi connectivity index (χ1) is 5.27. The zero-order valence-corrected chi connectivity index (χ0v) is 6.59. The van der Waals surface area contributed by atoms with Gasteiger partial charge in [-0.15, -0.1) is 0 Å². The highest BCUT2D eigenvalue weighted by atomic mass is 35.5. The Morgan fingerprint density at radius 3 is 2.91 bits per heavy atom. The highest BCUT2D eigenvalue weighted by Crippen LogP contribution is 2.16. The zero-order chi connectivity index (χ0) is 8.27. The van der Waals surface area contributed by atoms with Crippen molar-refractivity contribution in [2.45, 2.75) is 0 Å². The van der Waals surface area contributed by atoms with Gasteiger partial charge in [-0.1, -0.05) is 11.6 Å². The van der Waals surface area contributed by atoms with E-state index in [0.29, 0.717) is 10.9 Å². The highest BCUT2D eigenvalue weighted by molar-refractivity contribution is 6.31. The van der Waals surface area contributed by atoms with E-state index in [1.54, 1.807) is 12.1 Å². The van der Waals surface area contributed by atoms with Gasteiger partial charge in [0, 0.05) is 6.07 Å². The van der Waals surface area contributed by atoms with Gasteiger partial charge < -0.3 is 4.74 Å². The summed E-state index contributed by atoms with van der Waals surface area (Å²) in [5, 5.41) is 8.83. The molecule has 0 aliphatic carbocycles. The highest BCUT2D eigenvalue weighted by Gasteiger charge is 2.01. The molecule has 0 amide bonds. The molecule has 0 fully saturated rings. The summed E-state index contributed by atoms with van der Waals surface area (Å²) in [6.45, 7) is 0. The van der Waals surface area contributed by atoms with Gasteiger partial charge in [0.2, 0.25) is 5.88 Å². The maximum absolute atomic E-state index is 8.49. The second kappa shape index (κ2) is 3.22. The number of nitrogens with zero attached hydrogens (tertiary/aromatic N) is 2. The number of halogens is 1. The number of aromatic nitrogens is 1. The van der Waals surface area contributed by atoms with Crippen LogP contribution in [0.2, 0.25) is 5.02 Å². The van der Waals surface area contributed by atoms with Gasteiger partial charge in [-0.25, -0.2) is 4.98 Å². The van der Waals surface area contributed by atoms with Crippen LogP contribution >= 0.6 is 11.6 Å². The molecule has 0 N–H and O–H groups in total. The van der Waals surface area contributed by atoms with Gasteiger partial charge in [-0.3, -0.25) is 0 Å². The minimum atomic E-state index is 0.186. The Morgan fingerprint density at radius 1 is 1.64 bits per heavy atom. The Balaban J connectivity index is 3.15. The topological polar surface area (TPSA) is 45.9 Å². The summed E-state index contributed by atoms with van der Waals surface area (Å²) in [6, 6.07) is 5.02. The predicted molar refractivity (Wildman–Crippen MR) is 40.5 cm³/mol. The molecule has 0 saturated carbocycles. The van der Waals surface area contributed by atoms with Crippen molar-refractivity contribution in [3.8, 4) is 11.9 Å². The van der Waals surface area contributed by atoms with Gasteiger partial charge in [0.05, 0.1) is 12.1 Å². The number of ether oxygens (including phenoxy) is 1. The Labute approximate surface area is 69.2 Å². The Hall–Kier alpha value is -1.27. The van der Waals surface area contributed by atoms with E-state index >= 15 is 0 Å². The minimum absolute atomic E-state index is 0.186. The fourth-order valence-corrected chi connectivity index (χ4v) is 0.764. The lowest BCUT2D eigenvalue weighted by Crippen LogP contribution is -1.90. The van der Waals surface area contributed by atoms with Gasteiger partial charge in [-0.2, -0.15) is 5.26 Å². The molecule has 1 aromatic rings. The molecule has 0 spiro atoms. The third kappa shape index (κ3) is 1.60. The van der Waals surface area contributed by atoms with Gasteiger partial charge in [0.15, 0.2) is 5.69 Å². The van der Waals surface area contributed by atoms with Crippen molar-refractivity contribution >= 4 is 11.6 Å². The van der Waals surface area contributed by atoms with Crippen LogP contribution in [0.3, 0.4) is 0 Å². The lowest BCUT2D eigenvalue weighted by molar-refractivity contribution is 0.397. The Kier molecular flexibility index (Phi) is 2.29. The Bertz CT molecular complexity index is 306. The molecule has 56 valence electrons. The fourth-order valence-electron chi connectivity index (χ4n) is 0.616. The average molecular weight is 169 g/mol. The van der Waals surface area contributed by atoms with Crippen LogP contribution < -0.4 is 4.74 Å². The standard InChI is InChI=1S/C7H5ClN2O/c1-11-7-3-2-5(8)6(4-9)10-7/h2-3H,1H3. The zero-order valence-electron chi connectivity index (χ0n) is 5.84. The molecule has 4 heteroatoms. The second-order valence-electron chi connectivity index (χ2n) is 1.80. The van der Waals surface area contributed by atoms with E-state index in [1.807, 2.05) is 6.07 Å². The molecule has 1 heterocycles. The van der Waals surface area contributed by atoms with E-state index in [-0.39, 0.29) is 5.69 Å². The summed E-state index contributed by atoms with van der Waals surface area (Å²) in [4.78, 5) is 3.79. The van der Waals surface area contributed by atoms with Crippen molar-refractivity contribution in [2.75, 3.05) is 7.11 Å². The Morgan fingerprint density at radius 2 is 2.36 bits per heavy atom. The maximum Gasteiger partial charge on any atom is 0.214 e. The molecule has 0 atom stereocenters. The molecular weight excluding hydrogens is 164 g/mol. The second-order valence-corrected chi connectivity index (χ2v) is 2.20. The van der Waals surface area contributed by atoms with E-state index in [0.717, 1.165) is 0 Å². The summed E-state index contributed by atoms with van der Waals surface area (Å²) in [6.07, 6.45) is 0. The lowest BCUT2D eigenvalue weighted by atomic mass is 10.4. The number of hydrogen-bond acceptors (Lipinski definition) is 3. The predicted octanol–water partition coefficient (Wildman–Crippen LogP) is 1.62. The van der Waals surface area contributed by atoms with Crippen LogP contribution in [0, 0.1) is 11.3 Å². The van der Waals surface area contributed by atoms with Crippen molar-refractivity contribution in [1.82, 2.24) is 4.98 Å². The summed E-state index contributed by atoms with van der Waals surface area (Å²) in [7, 11) is 1.48. The van der Waals surface area contributed by atoms with Crippen molar-refractivity contribution in [2.24, 2.45) is 0 Å². The molecule has 0 bridgehead atoms. The number of methoxy groups -OCH3 is 1. The monoisotopic (exact) mass is 168 g/mol. The van der Waals surface area contributed by atoms with Gasteiger partial charge in [-0.05, 0) is 6.07 Å². The van der Waals surface area contributed by atoms with Crippen LogP contribution in [-0.2, 0) is 0 Å². The first kappa shape index (κ1) is 7.83. The SMILES string of the molecule is COc1ccc(Cl)c(C#N)n1. The van der Waals surface area contributed by atoms with Crippen molar-refractivity contribution in [1.29, 1.82) is 5.26 Å². The van der Waals surface area contributed by atoms with E-state index in [2.05, 4.69) is 4.98 Å². The summed E-state index contributed by atoms with van der Waals surface area (Å²) >= 11 is 5.61. The molecule has 0 unspecified atom stereocenters. The van der Waals surface area contributed by atoms with Gasteiger partial charge in [0.1, 0.15) is 6.07 Å². The summed E-state index contributed by atoms with van der Waals surface area (Å²) in [5.74, 6) is 0.394. The molecule has 0 aliphatic rings. The first-order valence-electron chi connectivity index (χ1n) is 2.88. The molecule has 0 saturated heterocycles. The van der Waals surface area contributed by atoms with Crippen LogP contribution in [0.5, 0.6) is 5.88 Å². The van der Waals surface area contributed by atoms with E-state index in [1.165, 1.54) is 7.11 Å². The molecule has 1 rings (SSSR count). The normalized spacial score (nSPS) is 8.82. The number of hydrogen-bond donors (Lipinski definition) is 0. The summed E-state index contributed by atoms with van der Waals surface area (Å²) in [5.41, 5.74) is 0.186. The average Bonchev–Trinajstić information content (AvgIpc) is 2.05. The largest absolute Gasteiger partial charge is 0.481 e. The van der Waals surface area contributed by atoms with Gasteiger partial charge >= 0.3 is 0 Å². The molecule has 0 radical (unpaired) electrons. The minimum Gasteiger partial charge on any atom is -0.481 e. The van der Waals surface area contributed by atoms with Crippen LogP contribution in [0.25, 0.3) is 0 Å². The molecule has 0 aromatic carbocycles. The maximum atomic E-state index is 8.49. The van der Waals surface area contributed by atoms with E-state index in [4.69, 9.17) is 21.6 Å². The number of nitriles is 1. The summed E-state index contributed by atoms with van der Waals surface area (Å²) < 4.78 is 4.79. The van der Waals surface area contributed by atoms with E-state index in [9.17, 15) is 0 Å². The molecule has 11 heavy (non-hydrogen) atoms. The molecular formula is C7H5ClN2O. The number of pyridine rings is 1.